The van der Waals surface area contributed by atoms with E-state index in [1.165, 1.54) is 21.5 Å². The van der Waals surface area contributed by atoms with Gasteiger partial charge in [-0.3, -0.25) is 4.98 Å². The third-order valence-corrected chi connectivity index (χ3v) is 7.42. The van der Waals surface area contributed by atoms with Gasteiger partial charge < -0.3 is 0 Å². The van der Waals surface area contributed by atoms with Crippen LogP contribution in [-0.4, -0.2) is 15.0 Å². The normalized spacial score (nSPS) is 11.7. The SMILES string of the molecule is c1ccc2cc3nc(-c4ccc5cc(-c6ccc7ccc8cccnc8c7n6)ccc5c4)ccc3cc2c1. The molecule has 0 spiro atoms. The van der Waals surface area contributed by atoms with Gasteiger partial charge in [0.25, 0.3) is 0 Å². The number of hydrogen-bond donors (Lipinski definition) is 0. The molecule has 0 saturated carbocycles. The highest BCUT2D eigenvalue weighted by Gasteiger charge is 2.09. The van der Waals surface area contributed by atoms with Gasteiger partial charge in [-0.2, -0.15) is 0 Å². The van der Waals surface area contributed by atoms with Crippen LogP contribution in [0, 0.1) is 0 Å². The fourth-order valence-electron chi connectivity index (χ4n) is 5.42. The van der Waals surface area contributed by atoms with Gasteiger partial charge in [0.2, 0.25) is 0 Å². The first-order chi connectivity index (χ1) is 18.8. The second-order valence-corrected chi connectivity index (χ2v) is 9.77. The molecule has 8 rings (SSSR count). The molecule has 3 nitrogen and oxygen atoms in total. The Balaban J connectivity index is 1.20. The summed E-state index contributed by atoms with van der Waals surface area (Å²) in [6.07, 6.45) is 1.83. The molecule has 0 radical (unpaired) electrons. The van der Waals surface area contributed by atoms with Crippen LogP contribution >= 0.6 is 0 Å². The maximum absolute atomic E-state index is 5.02. The summed E-state index contributed by atoms with van der Waals surface area (Å²) >= 11 is 0. The fraction of sp³-hybridized carbons (Fsp3) is 0. The van der Waals surface area contributed by atoms with Crippen LogP contribution in [-0.2, 0) is 0 Å². The van der Waals surface area contributed by atoms with Crippen LogP contribution in [0.3, 0.4) is 0 Å². The molecule has 5 aromatic carbocycles. The Morgan fingerprint density at radius 3 is 1.68 bits per heavy atom. The predicted molar refractivity (Wildman–Crippen MR) is 158 cm³/mol. The van der Waals surface area contributed by atoms with Gasteiger partial charge in [-0.1, -0.05) is 78.9 Å². The lowest BCUT2D eigenvalue weighted by molar-refractivity contribution is 1.37. The number of fused-ring (bicyclic) bond motifs is 6. The van der Waals surface area contributed by atoms with Gasteiger partial charge in [0.1, 0.15) is 0 Å². The Hall–Kier alpha value is -5.15. The van der Waals surface area contributed by atoms with Crippen molar-refractivity contribution in [2.24, 2.45) is 0 Å². The molecule has 0 aliphatic carbocycles. The van der Waals surface area contributed by atoms with E-state index in [0.29, 0.717) is 0 Å². The van der Waals surface area contributed by atoms with Gasteiger partial charge >= 0.3 is 0 Å². The summed E-state index contributed by atoms with van der Waals surface area (Å²) in [6, 6.07) is 42.7. The van der Waals surface area contributed by atoms with Crippen LogP contribution in [0.5, 0.6) is 0 Å². The zero-order chi connectivity index (χ0) is 25.1. The largest absolute Gasteiger partial charge is 0.254 e. The van der Waals surface area contributed by atoms with Crippen molar-refractivity contribution in [2.75, 3.05) is 0 Å². The van der Waals surface area contributed by atoms with Crippen molar-refractivity contribution in [3.05, 3.63) is 128 Å². The highest BCUT2D eigenvalue weighted by atomic mass is 14.8. The molecule has 38 heavy (non-hydrogen) atoms. The van der Waals surface area contributed by atoms with Crippen molar-refractivity contribution in [1.29, 1.82) is 0 Å². The highest BCUT2D eigenvalue weighted by molar-refractivity contribution is 6.03. The van der Waals surface area contributed by atoms with Crippen molar-refractivity contribution in [3.63, 3.8) is 0 Å². The molecular weight excluding hydrogens is 462 g/mol. The average Bonchev–Trinajstić information content (AvgIpc) is 2.99. The molecule has 3 heterocycles. The molecule has 0 fully saturated rings. The molecule has 0 aliphatic rings. The van der Waals surface area contributed by atoms with E-state index >= 15 is 0 Å². The Kier molecular flexibility index (Phi) is 4.52. The summed E-state index contributed by atoms with van der Waals surface area (Å²) in [5, 5.41) is 8.16. The molecule has 0 bridgehead atoms. The second kappa shape index (κ2) is 8.19. The molecule has 0 aliphatic heterocycles. The molecule has 3 heteroatoms. The standard InChI is InChI=1S/C35H21N3/c1-2-5-25-21-33-30(18-24(25)4-1)14-16-31(37-33)28-11-9-27-20-29(12-10-26(27)19-28)32-15-13-23-8-7-22-6-3-17-36-34(22)35(23)38-32/h1-21H. The molecule has 176 valence electrons. The quantitative estimate of drug-likeness (QED) is 0.182. The van der Waals surface area contributed by atoms with Gasteiger partial charge in [0, 0.05) is 33.5 Å². The minimum absolute atomic E-state index is 0.936. The first kappa shape index (κ1) is 21.0. The monoisotopic (exact) mass is 483 g/mol. The van der Waals surface area contributed by atoms with E-state index in [1.54, 1.807) is 0 Å². The molecule has 8 aromatic rings. The first-order valence-corrected chi connectivity index (χ1v) is 12.8. The summed E-state index contributed by atoms with van der Waals surface area (Å²) in [4.78, 5) is 14.6. The molecule has 0 N–H and O–H groups in total. The Morgan fingerprint density at radius 1 is 0.368 bits per heavy atom. The summed E-state index contributed by atoms with van der Waals surface area (Å²) in [5.41, 5.74) is 7.03. The minimum Gasteiger partial charge on any atom is -0.254 e. The first-order valence-electron chi connectivity index (χ1n) is 12.8. The van der Waals surface area contributed by atoms with Crippen molar-refractivity contribution >= 4 is 54.3 Å². The lowest BCUT2D eigenvalue weighted by atomic mass is 10.00. The smallest absolute Gasteiger partial charge is 0.0972 e. The van der Waals surface area contributed by atoms with Crippen LogP contribution in [0.15, 0.2) is 128 Å². The fourth-order valence-corrected chi connectivity index (χ4v) is 5.42. The van der Waals surface area contributed by atoms with Crippen LogP contribution in [0.4, 0.5) is 0 Å². The van der Waals surface area contributed by atoms with E-state index in [1.807, 2.05) is 12.3 Å². The summed E-state index contributed by atoms with van der Waals surface area (Å²) < 4.78 is 0. The van der Waals surface area contributed by atoms with E-state index in [-0.39, 0.29) is 0 Å². The number of rotatable bonds is 2. The maximum atomic E-state index is 5.02. The van der Waals surface area contributed by atoms with Crippen molar-refractivity contribution < 1.29 is 0 Å². The topological polar surface area (TPSA) is 38.7 Å². The Labute approximate surface area is 219 Å². The summed E-state index contributed by atoms with van der Waals surface area (Å²) in [7, 11) is 0. The van der Waals surface area contributed by atoms with E-state index in [9.17, 15) is 0 Å². The number of pyridine rings is 3. The van der Waals surface area contributed by atoms with E-state index < -0.39 is 0 Å². The molecule has 0 atom stereocenters. The molecule has 0 saturated heterocycles. The number of benzene rings is 5. The maximum Gasteiger partial charge on any atom is 0.0972 e. The molecule has 0 amide bonds. The van der Waals surface area contributed by atoms with E-state index in [2.05, 4.69) is 120 Å². The van der Waals surface area contributed by atoms with Crippen molar-refractivity contribution in [3.8, 4) is 22.5 Å². The number of hydrogen-bond acceptors (Lipinski definition) is 3. The lowest BCUT2D eigenvalue weighted by Gasteiger charge is -2.09. The Morgan fingerprint density at radius 2 is 0.921 bits per heavy atom. The third kappa shape index (κ3) is 3.40. The second-order valence-electron chi connectivity index (χ2n) is 9.77. The zero-order valence-corrected chi connectivity index (χ0v) is 20.5. The van der Waals surface area contributed by atoms with Crippen LogP contribution in [0.25, 0.3) is 76.8 Å². The summed E-state index contributed by atoms with van der Waals surface area (Å²) in [5.74, 6) is 0. The molecule has 0 unspecified atom stereocenters. The van der Waals surface area contributed by atoms with Gasteiger partial charge in [-0.25, -0.2) is 9.97 Å². The zero-order valence-electron chi connectivity index (χ0n) is 20.5. The third-order valence-electron chi connectivity index (χ3n) is 7.42. The van der Waals surface area contributed by atoms with Gasteiger partial charge in [0.15, 0.2) is 0 Å². The van der Waals surface area contributed by atoms with Crippen LogP contribution in [0.2, 0.25) is 0 Å². The van der Waals surface area contributed by atoms with E-state index in [0.717, 1.165) is 55.2 Å². The lowest BCUT2D eigenvalue weighted by Crippen LogP contribution is -1.89. The highest BCUT2D eigenvalue weighted by Crippen LogP contribution is 2.31. The average molecular weight is 484 g/mol. The molecule has 3 aromatic heterocycles. The number of nitrogens with zero attached hydrogens (tertiary/aromatic N) is 3. The van der Waals surface area contributed by atoms with Crippen LogP contribution < -0.4 is 0 Å². The van der Waals surface area contributed by atoms with Crippen LogP contribution in [0.1, 0.15) is 0 Å². The number of aromatic nitrogens is 3. The predicted octanol–water partition coefficient (Wildman–Crippen LogP) is 8.97. The summed E-state index contributed by atoms with van der Waals surface area (Å²) in [6.45, 7) is 0. The van der Waals surface area contributed by atoms with Crippen molar-refractivity contribution in [1.82, 2.24) is 15.0 Å². The van der Waals surface area contributed by atoms with E-state index in [4.69, 9.17) is 9.97 Å². The Bertz CT molecular complexity index is 2200. The van der Waals surface area contributed by atoms with Gasteiger partial charge in [0.05, 0.1) is 27.9 Å². The minimum atomic E-state index is 0.936. The van der Waals surface area contributed by atoms with Gasteiger partial charge in [-0.15, -0.1) is 0 Å². The van der Waals surface area contributed by atoms with Crippen molar-refractivity contribution in [2.45, 2.75) is 0 Å². The van der Waals surface area contributed by atoms with Gasteiger partial charge in [-0.05, 0) is 64.0 Å². The molecular formula is C35H21N3.